The molecule has 4 nitrogen and oxygen atoms in total. The van der Waals surface area contributed by atoms with E-state index in [0.29, 0.717) is 19.8 Å². The van der Waals surface area contributed by atoms with E-state index < -0.39 is 0 Å². The van der Waals surface area contributed by atoms with Crippen molar-refractivity contribution >= 4 is 5.91 Å². The lowest BCUT2D eigenvalue weighted by molar-refractivity contribution is -0.132. The largest absolute Gasteiger partial charge is 0.376 e. The van der Waals surface area contributed by atoms with Crippen LogP contribution >= 0.6 is 0 Å². The predicted octanol–water partition coefficient (Wildman–Crippen LogP) is 1.18. The lowest BCUT2D eigenvalue weighted by Crippen LogP contribution is -2.44. The molecule has 1 heterocycles. The van der Waals surface area contributed by atoms with Crippen molar-refractivity contribution in [2.24, 2.45) is 0 Å². The molecular weight excluding hydrogens is 216 g/mol. The highest BCUT2D eigenvalue weighted by molar-refractivity contribution is 5.81. The molecule has 0 aromatic carbocycles. The van der Waals surface area contributed by atoms with Crippen molar-refractivity contribution in [2.75, 3.05) is 32.8 Å². The first kappa shape index (κ1) is 14.2. The molecule has 1 atom stereocenters. The van der Waals surface area contributed by atoms with Gasteiger partial charge in [-0.25, -0.2) is 0 Å². The smallest absolute Gasteiger partial charge is 0.239 e. The fourth-order valence-corrected chi connectivity index (χ4v) is 1.89. The van der Waals surface area contributed by atoms with Gasteiger partial charge in [-0.05, 0) is 26.7 Å². The van der Waals surface area contributed by atoms with Gasteiger partial charge in [-0.1, -0.05) is 12.2 Å². The Balaban J connectivity index is 2.09. The van der Waals surface area contributed by atoms with Gasteiger partial charge in [-0.15, -0.1) is 0 Å². The number of likely N-dealkylation sites (tertiary alicyclic amines) is 1. The summed E-state index contributed by atoms with van der Waals surface area (Å²) in [5.74, 6) is 0.211. The summed E-state index contributed by atoms with van der Waals surface area (Å²) in [6.07, 6.45) is 2.28. The van der Waals surface area contributed by atoms with Gasteiger partial charge in [0.05, 0.1) is 19.3 Å². The van der Waals surface area contributed by atoms with E-state index >= 15 is 0 Å². The quantitative estimate of drug-likeness (QED) is 0.537. The molecule has 98 valence electrons. The van der Waals surface area contributed by atoms with Crippen LogP contribution in [0, 0.1) is 0 Å². The Hall–Kier alpha value is -0.870. The Kier molecular flexibility index (Phi) is 6.22. The molecule has 0 bridgehead atoms. The number of nitrogens with one attached hydrogen (secondary N) is 1. The topological polar surface area (TPSA) is 41.6 Å². The van der Waals surface area contributed by atoms with Gasteiger partial charge in [0.2, 0.25) is 5.91 Å². The second-order valence-corrected chi connectivity index (χ2v) is 4.72. The maximum absolute atomic E-state index is 11.9. The van der Waals surface area contributed by atoms with E-state index in [1.807, 2.05) is 18.7 Å². The maximum atomic E-state index is 11.9. The van der Waals surface area contributed by atoms with Gasteiger partial charge in [0.15, 0.2) is 0 Å². The highest BCUT2D eigenvalue weighted by Gasteiger charge is 2.22. The number of carbonyl (C=O) groups is 1. The molecule has 17 heavy (non-hydrogen) atoms. The molecule has 0 radical (unpaired) electrons. The minimum absolute atomic E-state index is 0.110. The highest BCUT2D eigenvalue weighted by atomic mass is 16.5. The van der Waals surface area contributed by atoms with Crippen LogP contribution in [0.3, 0.4) is 0 Å². The lowest BCUT2D eigenvalue weighted by Gasteiger charge is -2.21. The van der Waals surface area contributed by atoms with Gasteiger partial charge >= 0.3 is 0 Å². The molecule has 1 aliphatic rings. The number of rotatable bonds is 7. The van der Waals surface area contributed by atoms with Crippen LogP contribution in [0.4, 0.5) is 0 Å². The maximum Gasteiger partial charge on any atom is 0.239 e. The summed E-state index contributed by atoms with van der Waals surface area (Å²) >= 11 is 0. The molecule has 0 aromatic rings. The zero-order valence-electron chi connectivity index (χ0n) is 11.0. The van der Waals surface area contributed by atoms with Gasteiger partial charge in [0.1, 0.15) is 0 Å². The molecular formula is C13H24N2O2. The minimum atomic E-state index is -0.110. The van der Waals surface area contributed by atoms with Crippen LogP contribution in [0.25, 0.3) is 0 Å². The summed E-state index contributed by atoms with van der Waals surface area (Å²) in [4.78, 5) is 13.9. The van der Waals surface area contributed by atoms with E-state index in [1.54, 1.807) is 0 Å². The van der Waals surface area contributed by atoms with Gasteiger partial charge in [-0.3, -0.25) is 4.79 Å². The predicted molar refractivity (Wildman–Crippen MR) is 68.9 cm³/mol. The van der Waals surface area contributed by atoms with Gasteiger partial charge < -0.3 is 15.0 Å². The summed E-state index contributed by atoms with van der Waals surface area (Å²) in [7, 11) is 0. The third-order valence-electron chi connectivity index (χ3n) is 2.83. The van der Waals surface area contributed by atoms with Gasteiger partial charge in [0, 0.05) is 19.6 Å². The van der Waals surface area contributed by atoms with Crippen LogP contribution in [0.5, 0.6) is 0 Å². The van der Waals surface area contributed by atoms with E-state index in [-0.39, 0.29) is 11.9 Å². The molecule has 0 aliphatic carbocycles. The van der Waals surface area contributed by atoms with Crippen LogP contribution in [0.15, 0.2) is 12.2 Å². The van der Waals surface area contributed by atoms with E-state index in [1.165, 1.54) is 0 Å². The molecule has 0 spiro atoms. The van der Waals surface area contributed by atoms with Crippen molar-refractivity contribution in [3.8, 4) is 0 Å². The third-order valence-corrected chi connectivity index (χ3v) is 2.83. The molecule has 1 rings (SSSR count). The zero-order valence-corrected chi connectivity index (χ0v) is 11.0. The molecule has 0 saturated carbocycles. The summed E-state index contributed by atoms with van der Waals surface area (Å²) in [6.45, 7) is 11.4. The Morgan fingerprint density at radius 3 is 2.71 bits per heavy atom. The van der Waals surface area contributed by atoms with Crippen molar-refractivity contribution in [2.45, 2.75) is 32.7 Å². The van der Waals surface area contributed by atoms with E-state index in [4.69, 9.17) is 4.74 Å². The van der Waals surface area contributed by atoms with Crippen LogP contribution in [0.1, 0.15) is 26.7 Å². The summed E-state index contributed by atoms with van der Waals surface area (Å²) in [6, 6.07) is -0.110. The lowest BCUT2D eigenvalue weighted by atomic mass is 10.3. The fraction of sp³-hybridized carbons (Fsp3) is 0.769. The molecule has 1 fully saturated rings. The SMILES string of the molecule is C=C(C)COCCNC(C)C(=O)N1CCCC1. The standard InChI is InChI=1S/C13H24N2O2/c1-11(2)10-17-9-6-14-12(3)13(16)15-7-4-5-8-15/h12,14H,1,4-10H2,2-3H3. The number of amides is 1. The number of ether oxygens (including phenoxy) is 1. The van der Waals surface area contributed by atoms with Crippen molar-refractivity contribution in [1.82, 2.24) is 10.2 Å². The Bertz CT molecular complexity index is 260. The van der Waals surface area contributed by atoms with Crippen LogP contribution in [-0.4, -0.2) is 49.7 Å². The summed E-state index contributed by atoms with van der Waals surface area (Å²) < 4.78 is 5.36. The third kappa shape index (κ3) is 5.33. The van der Waals surface area contributed by atoms with Crippen LogP contribution in [-0.2, 0) is 9.53 Å². The van der Waals surface area contributed by atoms with E-state index in [9.17, 15) is 4.79 Å². The average molecular weight is 240 g/mol. The Morgan fingerprint density at radius 2 is 2.12 bits per heavy atom. The van der Waals surface area contributed by atoms with Gasteiger partial charge in [0.25, 0.3) is 0 Å². The second-order valence-electron chi connectivity index (χ2n) is 4.72. The first-order valence-electron chi connectivity index (χ1n) is 6.35. The Morgan fingerprint density at radius 1 is 1.47 bits per heavy atom. The second kappa shape index (κ2) is 7.45. The molecule has 1 N–H and O–H groups in total. The van der Waals surface area contributed by atoms with E-state index in [0.717, 1.165) is 31.5 Å². The minimum Gasteiger partial charge on any atom is -0.376 e. The van der Waals surface area contributed by atoms with Crippen LogP contribution in [0.2, 0.25) is 0 Å². The van der Waals surface area contributed by atoms with Crippen molar-refractivity contribution in [3.63, 3.8) is 0 Å². The molecule has 1 amide bonds. The zero-order chi connectivity index (χ0) is 12.7. The number of hydrogen-bond acceptors (Lipinski definition) is 3. The van der Waals surface area contributed by atoms with Crippen molar-refractivity contribution in [1.29, 1.82) is 0 Å². The molecule has 1 saturated heterocycles. The number of nitrogens with zero attached hydrogens (tertiary/aromatic N) is 1. The van der Waals surface area contributed by atoms with Crippen molar-refractivity contribution in [3.05, 3.63) is 12.2 Å². The molecule has 4 heteroatoms. The summed E-state index contributed by atoms with van der Waals surface area (Å²) in [5.41, 5.74) is 1.02. The number of carbonyl (C=O) groups excluding carboxylic acids is 1. The normalized spacial score (nSPS) is 17.2. The molecule has 1 unspecified atom stereocenters. The fourth-order valence-electron chi connectivity index (χ4n) is 1.89. The summed E-state index contributed by atoms with van der Waals surface area (Å²) in [5, 5.41) is 3.19. The molecule has 1 aliphatic heterocycles. The number of hydrogen-bond donors (Lipinski definition) is 1. The highest BCUT2D eigenvalue weighted by Crippen LogP contribution is 2.08. The van der Waals surface area contributed by atoms with Crippen LogP contribution < -0.4 is 5.32 Å². The first-order chi connectivity index (χ1) is 8.11. The first-order valence-corrected chi connectivity index (χ1v) is 6.35. The Labute approximate surface area is 104 Å². The molecule has 0 aromatic heterocycles. The van der Waals surface area contributed by atoms with E-state index in [2.05, 4.69) is 11.9 Å². The average Bonchev–Trinajstić information content (AvgIpc) is 2.80. The van der Waals surface area contributed by atoms with Gasteiger partial charge in [-0.2, -0.15) is 0 Å². The van der Waals surface area contributed by atoms with Crippen molar-refractivity contribution < 1.29 is 9.53 Å². The monoisotopic (exact) mass is 240 g/mol.